The summed E-state index contributed by atoms with van der Waals surface area (Å²) in [6.07, 6.45) is 5.77. The van der Waals surface area contributed by atoms with Crippen LogP contribution in [0.25, 0.3) is 0 Å². The van der Waals surface area contributed by atoms with Gasteiger partial charge in [-0.05, 0) is 37.5 Å². The number of hydrogen-bond donors (Lipinski definition) is 2. The molecule has 2 N–H and O–H groups in total. The summed E-state index contributed by atoms with van der Waals surface area (Å²) in [5.41, 5.74) is 1.17. The number of benzene rings is 1. The van der Waals surface area contributed by atoms with Crippen LogP contribution in [0.5, 0.6) is 0 Å². The summed E-state index contributed by atoms with van der Waals surface area (Å²) >= 11 is 6.13. The molecule has 2 aliphatic heterocycles. The minimum absolute atomic E-state index is 0.348. The number of halogens is 1. The van der Waals surface area contributed by atoms with Crippen LogP contribution < -0.4 is 15.5 Å². The van der Waals surface area contributed by atoms with Crippen molar-refractivity contribution in [1.82, 2.24) is 25.4 Å². The Labute approximate surface area is 171 Å². The minimum atomic E-state index is 0.348. The van der Waals surface area contributed by atoms with Gasteiger partial charge in [0.2, 0.25) is 0 Å². The highest BCUT2D eigenvalue weighted by molar-refractivity contribution is 6.30. The first-order chi connectivity index (χ1) is 13.7. The van der Waals surface area contributed by atoms with Crippen LogP contribution in [0.1, 0.15) is 37.3 Å². The first-order valence-electron chi connectivity index (χ1n) is 10.1. The number of aliphatic imine (C=N–C) groups is 1. The van der Waals surface area contributed by atoms with Gasteiger partial charge < -0.3 is 20.1 Å². The number of nitrogens with one attached hydrogen (secondary N) is 2. The van der Waals surface area contributed by atoms with E-state index in [2.05, 4.69) is 41.4 Å². The number of guanidine groups is 1. The summed E-state index contributed by atoms with van der Waals surface area (Å²) in [5.74, 6) is 2.92. The normalized spacial score (nSPS) is 20.0. The minimum Gasteiger partial charge on any atom is -0.369 e. The van der Waals surface area contributed by atoms with Crippen molar-refractivity contribution in [3.8, 4) is 0 Å². The third-order valence-corrected chi connectivity index (χ3v) is 5.76. The van der Waals surface area contributed by atoms with Crippen molar-refractivity contribution in [1.29, 1.82) is 0 Å². The monoisotopic (exact) mass is 401 g/mol. The Morgan fingerprint density at radius 2 is 2.18 bits per heavy atom. The van der Waals surface area contributed by atoms with Crippen LogP contribution in [0.3, 0.4) is 0 Å². The van der Waals surface area contributed by atoms with E-state index in [1.165, 1.54) is 24.9 Å². The van der Waals surface area contributed by atoms with Crippen molar-refractivity contribution in [3.05, 3.63) is 40.9 Å². The maximum atomic E-state index is 6.13. The molecule has 0 bridgehead atoms. The van der Waals surface area contributed by atoms with Crippen LogP contribution in [0.4, 0.5) is 5.69 Å². The number of hydrogen-bond acceptors (Lipinski definition) is 4. The Bertz CT molecular complexity index is 832. The zero-order valence-corrected chi connectivity index (χ0v) is 17.1. The van der Waals surface area contributed by atoms with Crippen LogP contribution in [0.15, 0.2) is 29.3 Å². The van der Waals surface area contributed by atoms with Gasteiger partial charge in [0.05, 0.1) is 6.54 Å². The molecule has 0 saturated carbocycles. The molecule has 8 heteroatoms. The molecule has 1 atom stereocenters. The van der Waals surface area contributed by atoms with E-state index in [1.807, 2.05) is 25.2 Å². The molecule has 3 heterocycles. The van der Waals surface area contributed by atoms with Crippen LogP contribution in [0.2, 0.25) is 5.02 Å². The number of rotatable bonds is 4. The lowest BCUT2D eigenvalue weighted by molar-refractivity contribution is 0.591. The largest absolute Gasteiger partial charge is 0.369 e. The molecule has 7 nitrogen and oxygen atoms in total. The van der Waals surface area contributed by atoms with Gasteiger partial charge in [0.1, 0.15) is 5.82 Å². The Balaban J connectivity index is 1.32. The molecule has 1 unspecified atom stereocenters. The fourth-order valence-corrected chi connectivity index (χ4v) is 4.20. The first-order valence-corrected chi connectivity index (χ1v) is 10.5. The van der Waals surface area contributed by atoms with Crippen molar-refractivity contribution in [2.24, 2.45) is 4.99 Å². The van der Waals surface area contributed by atoms with Crippen LogP contribution in [-0.4, -0.2) is 46.9 Å². The predicted molar refractivity (Wildman–Crippen MR) is 113 cm³/mol. The van der Waals surface area contributed by atoms with Gasteiger partial charge in [-0.1, -0.05) is 24.1 Å². The smallest absolute Gasteiger partial charge is 0.191 e. The van der Waals surface area contributed by atoms with E-state index in [0.29, 0.717) is 12.6 Å². The van der Waals surface area contributed by atoms with Gasteiger partial charge in [0, 0.05) is 49.9 Å². The number of aromatic nitrogens is 3. The molecular formula is C20H28ClN7. The Hall–Kier alpha value is -2.28. The highest BCUT2D eigenvalue weighted by Crippen LogP contribution is 2.23. The van der Waals surface area contributed by atoms with E-state index < -0.39 is 0 Å². The summed E-state index contributed by atoms with van der Waals surface area (Å²) in [6.45, 7) is 3.59. The van der Waals surface area contributed by atoms with Crippen LogP contribution in [0, 0.1) is 0 Å². The molecule has 2 aromatic rings. The Kier molecular flexibility index (Phi) is 6.00. The fourth-order valence-electron chi connectivity index (χ4n) is 4.01. The van der Waals surface area contributed by atoms with Gasteiger partial charge in [-0.3, -0.25) is 4.99 Å². The van der Waals surface area contributed by atoms with Gasteiger partial charge >= 0.3 is 0 Å². The van der Waals surface area contributed by atoms with Crippen molar-refractivity contribution in [2.45, 2.75) is 51.2 Å². The van der Waals surface area contributed by atoms with Crippen molar-refractivity contribution in [3.63, 3.8) is 0 Å². The molecule has 1 fully saturated rings. The van der Waals surface area contributed by atoms with Gasteiger partial charge in [0.15, 0.2) is 11.8 Å². The molecule has 0 amide bonds. The number of fused-ring (bicyclic) bond motifs is 1. The quantitative estimate of drug-likeness (QED) is 0.608. The molecule has 28 heavy (non-hydrogen) atoms. The van der Waals surface area contributed by atoms with Crippen LogP contribution >= 0.6 is 11.6 Å². The summed E-state index contributed by atoms with van der Waals surface area (Å²) in [4.78, 5) is 6.75. The lowest BCUT2D eigenvalue weighted by Crippen LogP contribution is -2.44. The third-order valence-electron chi connectivity index (χ3n) is 5.53. The molecule has 1 aromatic heterocycles. The van der Waals surface area contributed by atoms with Gasteiger partial charge in [-0.2, -0.15) is 0 Å². The molecular weight excluding hydrogens is 374 g/mol. The average molecular weight is 402 g/mol. The summed E-state index contributed by atoms with van der Waals surface area (Å²) < 4.78 is 2.27. The second-order valence-electron chi connectivity index (χ2n) is 7.48. The van der Waals surface area contributed by atoms with E-state index in [4.69, 9.17) is 11.6 Å². The van der Waals surface area contributed by atoms with E-state index in [9.17, 15) is 0 Å². The van der Waals surface area contributed by atoms with E-state index in [-0.39, 0.29) is 0 Å². The third kappa shape index (κ3) is 4.41. The molecule has 150 valence electrons. The second-order valence-corrected chi connectivity index (χ2v) is 7.91. The molecule has 1 aromatic carbocycles. The number of aryl methyl sites for hydroxylation is 1. The van der Waals surface area contributed by atoms with Gasteiger partial charge in [0.25, 0.3) is 0 Å². The lowest BCUT2D eigenvalue weighted by atomic mass is 10.2. The highest BCUT2D eigenvalue weighted by atomic mass is 35.5. The van der Waals surface area contributed by atoms with Gasteiger partial charge in [-0.25, -0.2) is 0 Å². The van der Waals surface area contributed by atoms with E-state index in [0.717, 1.165) is 55.1 Å². The zero-order valence-electron chi connectivity index (χ0n) is 16.4. The van der Waals surface area contributed by atoms with Crippen molar-refractivity contribution in [2.75, 3.05) is 25.0 Å². The Morgan fingerprint density at radius 3 is 3.04 bits per heavy atom. The Morgan fingerprint density at radius 1 is 1.25 bits per heavy atom. The summed E-state index contributed by atoms with van der Waals surface area (Å²) in [7, 11) is 1.81. The average Bonchev–Trinajstić information content (AvgIpc) is 3.25. The maximum Gasteiger partial charge on any atom is 0.191 e. The van der Waals surface area contributed by atoms with Crippen molar-refractivity contribution >= 4 is 23.2 Å². The number of nitrogens with zero attached hydrogens (tertiary/aromatic N) is 5. The molecule has 4 rings (SSSR count). The second kappa shape index (κ2) is 8.82. The van der Waals surface area contributed by atoms with E-state index in [1.54, 1.807) is 0 Å². The van der Waals surface area contributed by atoms with E-state index >= 15 is 0 Å². The SMILES string of the molecule is CN=C(NCc1nnc2n1CCCCC2)NC1CCN(c2cccc(Cl)c2)C1. The predicted octanol–water partition coefficient (Wildman–Crippen LogP) is 2.60. The summed E-state index contributed by atoms with van der Waals surface area (Å²) in [6, 6.07) is 8.39. The van der Waals surface area contributed by atoms with Crippen LogP contribution in [-0.2, 0) is 19.5 Å². The summed E-state index contributed by atoms with van der Waals surface area (Å²) in [5, 5.41) is 16.5. The molecule has 1 saturated heterocycles. The molecule has 0 aliphatic carbocycles. The fraction of sp³-hybridized carbons (Fsp3) is 0.550. The highest BCUT2D eigenvalue weighted by Gasteiger charge is 2.24. The zero-order chi connectivity index (χ0) is 19.3. The maximum absolute atomic E-state index is 6.13. The number of anilines is 1. The standard InChI is InChI=1S/C20H28ClN7/c1-22-20(23-13-19-26-25-18-8-3-2-4-10-28(18)19)24-16-9-11-27(14-16)17-7-5-6-15(21)12-17/h5-7,12,16H,2-4,8-11,13-14H2,1H3,(H2,22,23,24). The lowest BCUT2D eigenvalue weighted by Gasteiger charge is -2.20. The molecule has 0 spiro atoms. The van der Waals surface area contributed by atoms with Crippen molar-refractivity contribution < 1.29 is 0 Å². The van der Waals surface area contributed by atoms with Gasteiger partial charge in [-0.15, -0.1) is 10.2 Å². The first kappa shape index (κ1) is 19.1. The topological polar surface area (TPSA) is 70.4 Å². The molecule has 0 radical (unpaired) electrons. The molecule has 2 aliphatic rings.